The van der Waals surface area contributed by atoms with E-state index < -0.39 is 5.79 Å². The lowest BCUT2D eigenvalue weighted by Crippen LogP contribution is -2.51. The largest absolute Gasteiger partial charge is 0.367 e. The molecule has 2 heterocycles. The van der Waals surface area contributed by atoms with Crippen LogP contribution in [0.3, 0.4) is 0 Å². The van der Waals surface area contributed by atoms with E-state index in [-0.39, 0.29) is 36.5 Å². The zero-order chi connectivity index (χ0) is 12.8. The van der Waals surface area contributed by atoms with E-state index in [0.29, 0.717) is 0 Å². The molecule has 17 heavy (non-hydrogen) atoms. The fourth-order valence-electron chi connectivity index (χ4n) is 2.76. The van der Waals surface area contributed by atoms with Gasteiger partial charge in [-0.1, -0.05) is 0 Å². The highest BCUT2D eigenvalue weighted by Crippen LogP contribution is 2.46. The second-order valence-electron chi connectivity index (χ2n) is 5.56. The minimum Gasteiger partial charge on any atom is -0.367 e. The molecule has 0 N–H and O–H groups in total. The van der Waals surface area contributed by atoms with Gasteiger partial charge in [0.25, 0.3) is 0 Å². The first-order valence-corrected chi connectivity index (χ1v) is 6.53. The maximum atomic E-state index is 6.01. The lowest BCUT2D eigenvalue weighted by molar-refractivity contribution is -0.307. The van der Waals surface area contributed by atoms with Crippen LogP contribution in [0, 0.1) is 0 Å². The van der Waals surface area contributed by atoms with Crippen molar-refractivity contribution in [1.82, 2.24) is 0 Å². The van der Waals surface area contributed by atoms with Gasteiger partial charge in [0.05, 0.1) is 18.2 Å². The molecular weight excluding hydrogens is 219 g/mol. The third-order valence-electron chi connectivity index (χ3n) is 3.29. The molecule has 98 valence electrons. The molecule has 2 fully saturated rings. The average Bonchev–Trinajstić information content (AvgIpc) is 2.53. The van der Waals surface area contributed by atoms with Crippen LogP contribution in [0.25, 0.3) is 0 Å². The zero-order valence-corrected chi connectivity index (χ0v) is 11.6. The third kappa shape index (κ3) is 2.14. The maximum Gasteiger partial charge on any atom is 0.224 e. The number of fused-ring (bicyclic) bond motifs is 2. The highest BCUT2D eigenvalue weighted by atomic mass is 16.8. The summed E-state index contributed by atoms with van der Waals surface area (Å²) in [6.07, 6.45) is -0.0142. The van der Waals surface area contributed by atoms with Crippen LogP contribution in [-0.4, -0.2) is 50.2 Å². The van der Waals surface area contributed by atoms with Crippen LogP contribution >= 0.6 is 0 Å². The predicted molar refractivity (Wildman–Crippen MR) is 66.7 cm³/mol. The van der Waals surface area contributed by atoms with Crippen LogP contribution in [0.5, 0.6) is 0 Å². The standard InChI is InChI=1S/C12H23BO4/c1-6(2)14-10-9-11(13)17-12(10,8(5)15-9)16-7(3)4/h6-11H,13H2,1-5H3/t8-,9-,10?,11+,12-/m0/s1. The van der Waals surface area contributed by atoms with Crippen molar-refractivity contribution < 1.29 is 18.9 Å². The smallest absolute Gasteiger partial charge is 0.224 e. The molecule has 5 atom stereocenters. The van der Waals surface area contributed by atoms with Crippen LogP contribution in [-0.2, 0) is 18.9 Å². The number of rotatable bonds is 4. The first-order valence-electron chi connectivity index (χ1n) is 6.53. The van der Waals surface area contributed by atoms with Crippen molar-refractivity contribution >= 4 is 7.85 Å². The van der Waals surface area contributed by atoms with Gasteiger partial charge in [-0.25, -0.2) is 0 Å². The Morgan fingerprint density at radius 1 is 1.18 bits per heavy atom. The van der Waals surface area contributed by atoms with E-state index >= 15 is 0 Å². The molecule has 0 saturated carbocycles. The summed E-state index contributed by atoms with van der Waals surface area (Å²) in [5.41, 5.74) is 0. The highest BCUT2D eigenvalue weighted by molar-refractivity contribution is 6.11. The van der Waals surface area contributed by atoms with Gasteiger partial charge in [-0.05, 0) is 34.6 Å². The van der Waals surface area contributed by atoms with Crippen LogP contribution in [0.1, 0.15) is 34.6 Å². The Hall–Kier alpha value is -0.0951. The van der Waals surface area contributed by atoms with Crippen LogP contribution < -0.4 is 0 Å². The summed E-state index contributed by atoms with van der Waals surface area (Å²) in [5, 5.41) is 0. The van der Waals surface area contributed by atoms with Gasteiger partial charge in [0, 0.05) is 0 Å². The van der Waals surface area contributed by atoms with E-state index in [0.717, 1.165) is 0 Å². The minimum absolute atomic E-state index is 0.0219. The summed E-state index contributed by atoms with van der Waals surface area (Å²) in [6, 6.07) is 0.0219. The topological polar surface area (TPSA) is 36.9 Å². The summed E-state index contributed by atoms with van der Waals surface area (Å²) < 4.78 is 23.9. The molecular formula is C12H23BO4. The van der Waals surface area contributed by atoms with Crippen molar-refractivity contribution in [3.63, 3.8) is 0 Å². The van der Waals surface area contributed by atoms with E-state index in [1.165, 1.54) is 0 Å². The van der Waals surface area contributed by atoms with Gasteiger partial charge in [0.2, 0.25) is 5.79 Å². The van der Waals surface area contributed by atoms with Gasteiger partial charge in [-0.2, -0.15) is 0 Å². The zero-order valence-electron chi connectivity index (χ0n) is 11.6. The molecule has 0 aromatic rings. The van der Waals surface area contributed by atoms with E-state index in [1.54, 1.807) is 0 Å². The third-order valence-corrected chi connectivity index (χ3v) is 3.29. The summed E-state index contributed by atoms with van der Waals surface area (Å²) in [6.45, 7) is 10.1. The number of hydrogen-bond donors (Lipinski definition) is 0. The van der Waals surface area contributed by atoms with Crippen molar-refractivity contribution in [1.29, 1.82) is 0 Å². The quantitative estimate of drug-likeness (QED) is 0.679. The van der Waals surface area contributed by atoms with Gasteiger partial charge in [-0.3, -0.25) is 0 Å². The predicted octanol–water partition coefficient (Wildman–Crippen LogP) is 0.678. The lowest BCUT2D eigenvalue weighted by atomic mass is 9.93. The van der Waals surface area contributed by atoms with Gasteiger partial charge >= 0.3 is 0 Å². The van der Waals surface area contributed by atoms with Crippen molar-refractivity contribution in [2.75, 3.05) is 0 Å². The van der Waals surface area contributed by atoms with Gasteiger partial charge < -0.3 is 18.9 Å². The summed E-state index contributed by atoms with van der Waals surface area (Å²) in [4.78, 5) is 0. The van der Waals surface area contributed by atoms with Crippen molar-refractivity contribution in [2.45, 2.75) is 76.9 Å². The van der Waals surface area contributed by atoms with E-state index in [2.05, 4.69) is 0 Å². The Bertz CT molecular complexity index is 284. The SMILES string of the molecule is B[C@@H]1O[C@]2(OC(C)C)C(OC(C)C)[C@@H]1O[C@H]2C. The van der Waals surface area contributed by atoms with E-state index in [1.807, 2.05) is 42.5 Å². The second kappa shape index (κ2) is 4.54. The van der Waals surface area contributed by atoms with Crippen molar-refractivity contribution in [3.8, 4) is 0 Å². The Kier molecular flexibility index (Phi) is 3.56. The number of ether oxygens (including phenoxy) is 4. The van der Waals surface area contributed by atoms with Gasteiger partial charge in [0.1, 0.15) is 26.2 Å². The molecule has 0 aliphatic carbocycles. The lowest BCUT2D eigenvalue weighted by Gasteiger charge is -2.37. The van der Waals surface area contributed by atoms with E-state index in [9.17, 15) is 0 Å². The molecule has 0 spiro atoms. The van der Waals surface area contributed by atoms with Crippen molar-refractivity contribution in [2.24, 2.45) is 0 Å². The number of hydrogen-bond acceptors (Lipinski definition) is 4. The Balaban J connectivity index is 2.23. The molecule has 0 aromatic heterocycles. The van der Waals surface area contributed by atoms with Gasteiger partial charge in [0.15, 0.2) is 0 Å². The summed E-state index contributed by atoms with van der Waals surface area (Å²) in [5.74, 6) is -0.734. The second-order valence-corrected chi connectivity index (χ2v) is 5.56. The molecule has 2 rings (SSSR count). The average molecular weight is 242 g/mol. The molecule has 5 heteroatoms. The van der Waals surface area contributed by atoms with Crippen molar-refractivity contribution in [3.05, 3.63) is 0 Å². The normalized spacial score (nSPS) is 45.1. The molecule has 1 unspecified atom stereocenters. The molecule has 2 bridgehead atoms. The Labute approximate surface area is 104 Å². The minimum atomic E-state index is -0.734. The molecule has 4 nitrogen and oxygen atoms in total. The summed E-state index contributed by atoms with van der Waals surface area (Å²) >= 11 is 0. The maximum absolute atomic E-state index is 6.01. The van der Waals surface area contributed by atoms with Gasteiger partial charge in [-0.15, -0.1) is 0 Å². The molecule has 2 saturated heterocycles. The molecule has 2 aliphatic rings. The first-order chi connectivity index (χ1) is 7.86. The molecule has 0 radical (unpaired) electrons. The highest BCUT2D eigenvalue weighted by Gasteiger charge is 2.66. The fourth-order valence-corrected chi connectivity index (χ4v) is 2.76. The van der Waals surface area contributed by atoms with Crippen LogP contribution in [0.15, 0.2) is 0 Å². The first kappa shape index (κ1) is 13.3. The van der Waals surface area contributed by atoms with E-state index in [4.69, 9.17) is 18.9 Å². The molecule has 0 aromatic carbocycles. The Morgan fingerprint density at radius 3 is 2.35 bits per heavy atom. The molecule has 0 amide bonds. The molecule has 2 aliphatic heterocycles. The Morgan fingerprint density at radius 2 is 1.82 bits per heavy atom. The fraction of sp³-hybridized carbons (Fsp3) is 1.00. The van der Waals surface area contributed by atoms with Crippen LogP contribution in [0.2, 0.25) is 0 Å². The summed E-state index contributed by atoms with van der Waals surface area (Å²) in [7, 11) is 2.01. The monoisotopic (exact) mass is 242 g/mol. The van der Waals surface area contributed by atoms with Crippen LogP contribution in [0.4, 0.5) is 0 Å².